The molecule has 0 radical (unpaired) electrons. The van der Waals surface area contributed by atoms with Gasteiger partial charge in [-0.1, -0.05) is 49.4 Å². The van der Waals surface area contributed by atoms with Gasteiger partial charge < -0.3 is 4.42 Å². The molecule has 0 saturated carbocycles. The van der Waals surface area contributed by atoms with Gasteiger partial charge in [-0.2, -0.15) is 0 Å². The van der Waals surface area contributed by atoms with Crippen LogP contribution in [0.25, 0.3) is 44.0 Å². The van der Waals surface area contributed by atoms with E-state index in [1.807, 2.05) is 0 Å². The van der Waals surface area contributed by atoms with Gasteiger partial charge >= 0.3 is 0 Å². The lowest BCUT2D eigenvalue weighted by Gasteiger charge is -2.06. The van der Waals surface area contributed by atoms with Crippen molar-refractivity contribution < 1.29 is 8.98 Å². The molecule has 2 heterocycles. The standard InChI is InChI=1S/C25H22NO/c1-4-17-10-13-21(26(3)15-17)23-16(2)9-12-20-24-19-8-6-5-7-18(19)11-14-22(24)27-25(20)23/h5-15H,4H2,1-3H3/q+1. The zero-order valence-electron chi connectivity index (χ0n) is 15.9. The lowest BCUT2D eigenvalue weighted by Crippen LogP contribution is -2.31. The first-order valence-corrected chi connectivity index (χ1v) is 9.50. The van der Waals surface area contributed by atoms with Crippen molar-refractivity contribution in [2.75, 3.05) is 0 Å². The molecule has 2 heteroatoms. The van der Waals surface area contributed by atoms with Crippen LogP contribution in [0, 0.1) is 6.92 Å². The van der Waals surface area contributed by atoms with E-state index in [1.54, 1.807) is 0 Å². The Kier molecular flexibility index (Phi) is 3.54. The van der Waals surface area contributed by atoms with Gasteiger partial charge in [0.05, 0.1) is 5.56 Å². The van der Waals surface area contributed by atoms with Crippen LogP contribution < -0.4 is 4.57 Å². The predicted octanol–water partition coefficient (Wildman–Crippen LogP) is 6.10. The number of nitrogens with zero attached hydrogens (tertiary/aromatic N) is 1. The molecule has 2 nitrogen and oxygen atoms in total. The van der Waals surface area contributed by atoms with E-state index in [-0.39, 0.29) is 0 Å². The molecular weight excluding hydrogens is 330 g/mol. The maximum atomic E-state index is 6.43. The Labute approximate surface area is 158 Å². The van der Waals surface area contributed by atoms with E-state index in [9.17, 15) is 0 Å². The Morgan fingerprint density at radius 1 is 0.889 bits per heavy atom. The molecule has 0 saturated heterocycles. The lowest BCUT2D eigenvalue weighted by molar-refractivity contribution is -0.660. The third-order valence-corrected chi connectivity index (χ3v) is 5.60. The second-order valence-electron chi connectivity index (χ2n) is 7.28. The summed E-state index contributed by atoms with van der Waals surface area (Å²) in [5, 5.41) is 4.88. The molecule has 0 N–H and O–H groups in total. The highest BCUT2D eigenvalue weighted by Gasteiger charge is 2.21. The minimum atomic E-state index is 0.948. The fourth-order valence-corrected chi connectivity index (χ4v) is 4.16. The maximum absolute atomic E-state index is 6.43. The highest BCUT2D eigenvalue weighted by molar-refractivity contribution is 6.20. The zero-order chi connectivity index (χ0) is 18.5. The summed E-state index contributed by atoms with van der Waals surface area (Å²) in [5.41, 5.74) is 6.84. The van der Waals surface area contributed by atoms with Gasteiger partial charge in [-0.05, 0) is 41.8 Å². The van der Waals surface area contributed by atoms with Crippen LogP contribution in [0.15, 0.2) is 71.3 Å². The molecule has 0 aliphatic rings. The number of fused-ring (bicyclic) bond motifs is 5. The number of pyridine rings is 1. The largest absolute Gasteiger partial charge is 0.455 e. The first-order chi connectivity index (χ1) is 13.2. The molecular formula is C25H22NO+. The Balaban J connectivity index is 1.91. The fraction of sp³-hybridized carbons (Fsp3) is 0.160. The van der Waals surface area contributed by atoms with Crippen LogP contribution >= 0.6 is 0 Å². The van der Waals surface area contributed by atoms with Crippen LogP contribution in [0.4, 0.5) is 0 Å². The van der Waals surface area contributed by atoms with E-state index < -0.39 is 0 Å². The molecule has 0 fully saturated rings. The minimum absolute atomic E-state index is 0.948. The first kappa shape index (κ1) is 16.1. The third-order valence-electron chi connectivity index (χ3n) is 5.60. The van der Waals surface area contributed by atoms with Gasteiger partial charge in [0.2, 0.25) is 5.69 Å². The lowest BCUT2D eigenvalue weighted by atomic mass is 9.98. The second kappa shape index (κ2) is 5.95. The van der Waals surface area contributed by atoms with Crippen LogP contribution in [0.1, 0.15) is 18.1 Å². The number of hydrogen-bond donors (Lipinski definition) is 0. The number of aryl methyl sites for hydroxylation is 3. The topological polar surface area (TPSA) is 17.0 Å². The number of furan rings is 1. The summed E-state index contributed by atoms with van der Waals surface area (Å²) in [5.74, 6) is 0. The molecule has 5 rings (SSSR count). The monoisotopic (exact) mass is 352 g/mol. The fourth-order valence-electron chi connectivity index (χ4n) is 4.16. The van der Waals surface area contributed by atoms with Crippen LogP contribution in [-0.4, -0.2) is 0 Å². The molecule has 0 spiro atoms. The van der Waals surface area contributed by atoms with Crippen molar-refractivity contribution >= 4 is 32.7 Å². The van der Waals surface area contributed by atoms with Gasteiger partial charge in [0.25, 0.3) is 0 Å². The Morgan fingerprint density at radius 3 is 2.56 bits per heavy atom. The summed E-state index contributed by atoms with van der Waals surface area (Å²) in [6, 6.07) is 21.6. The summed E-state index contributed by atoms with van der Waals surface area (Å²) < 4.78 is 8.64. The maximum Gasteiger partial charge on any atom is 0.216 e. The summed E-state index contributed by atoms with van der Waals surface area (Å²) in [4.78, 5) is 0. The van der Waals surface area contributed by atoms with Crippen molar-refractivity contribution in [3.05, 3.63) is 78.0 Å². The number of hydrogen-bond acceptors (Lipinski definition) is 1. The summed E-state index contributed by atoms with van der Waals surface area (Å²) in [7, 11) is 2.12. The minimum Gasteiger partial charge on any atom is -0.455 e. The van der Waals surface area contributed by atoms with Gasteiger partial charge in [-0.25, -0.2) is 4.57 Å². The summed E-state index contributed by atoms with van der Waals surface area (Å²) in [6.07, 6.45) is 3.25. The SMILES string of the molecule is CCc1ccc(-c2c(C)ccc3c2oc2ccc4ccccc4c23)[n+](C)c1. The van der Waals surface area contributed by atoms with E-state index in [0.29, 0.717) is 0 Å². The van der Waals surface area contributed by atoms with E-state index in [2.05, 4.69) is 92.3 Å². The molecule has 132 valence electrons. The average Bonchev–Trinajstić information content (AvgIpc) is 3.07. The number of rotatable bonds is 2. The third kappa shape index (κ3) is 2.37. The summed E-state index contributed by atoms with van der Waals surface area (Å²) in [6.45, 7) is 4.35. The molecule has 0 aliphatic heterocycles. The van der Waals surface area contributed by atoms with Gasteiger partial charge in [0.15, 0.2) is 6.20 Å². The molecule has 5 aromatic rings. The normalized spacial score (nSPS) is 11.7. The first-order valence-electron chi connectivity index (χ1n) is 9.50. The van der Waals surface area contributed by atoms with Gasteiger partial charge in [-0.15, -0.1) is 0 Å². The number of aromatic nitrogens is 1. The number of benzene rings is 3. The molecule has 3 aromatic carbocycles. The smallest absolute Gasteiger partial charge is 0.216 e. The molecule has 0 bridgehead atoms. The van der Waals surface area contributed by atoms with Crippen molar-refractivity contribution in [3.8, 4) is 11.3 Å². The van der Waals surface area contributed by atoms with Crippen LogP contribution in [0.5, 0.6) is 0 Å². The van der Waals surface area contributed by atoms with Crippen molar-refractivity contribution in [3.63, 3.8) is 0 Å². The van der Waals surface area contributed by atoms with Crippen LogP contribution in [0.3, 0.4) is 0 Å². The van der Waals surface area contributed by atoms with E-state index in [1.165, 1.54) is 43.9 Å². The van der Waals surface area contributed by atoms with Gasteiger partial charge in [-0.3, -0.25) is 0 Å². The Hall–Kier alpha value is -3.13. The molecule has 0 atom stereocenters. The molecule has 2 aromatic heterocycles. The van der Waals surface area contributed by atoms with Crippen LogP contribution in [-0.2, 0) is 13.5 Å². The zero-order valence-corrected chi connectivity index (χ0v) is 15.9. The van der Waals surface area contributed by atoms with Crippen molar-refractivity contribution in [2.24, 2.45) is 7.05 Å². The quantitative estimate of drug-likeness (QED) is 0.351. The highest BCUT2D eigenvalue weighted by Crippen LogP contribution is 2.39. The molecule has 0 amide bonds. The van der Waals surface area contributed by atoms with Crippen molar-refractivity contribution in [1.29, 1.82) is 0 Å². The van der Waals surface area contributed by atoms with Crippen molar-refractivity contribution in [2.45, 2.75) is 20.3 Å². The molecule has 27 heavy (non-hydrogen) atoms. The molecule has 0 unspecified atom stereocenters. The van der Waals surface area contributed by atoms with Crippen LogP contribution in [0.2, 0.25) is 0 Å². The molecule has 0 aliphatic carbocycles. The van der Waals surface area contributed by atoms with Crippen molar-refractivity contribution in [1.82, 2.24) is 0 Å². The van der Waals surface area contributed by atoms with Gasteiger partial charge in [0.1, 0.15) is 18.2 Å². The second-order valence-corrected chi connectivity index (χ2v) is 7.28. The van der Waals surface area contributed by atoms with Gasteiger partial charge in [0, 0.05) is 22.4 Å². The summed E-state index contributed by atoms with van der Waals surface area (Å²) >= 11 is 0. The Bertz CT molecular complexity index is 1330. The highest BCUT2D eigenvalue weighted by atomic mass is 16.3. The Morgan fingerprint density at radius 2 is 1.74 bits per heavy atom. The van der Waals surface area contributed by atoms with E-state index >= 15 is 0 Å². The van der Waals surface area contributed by atoms with E-state index in [4.69, 9.17) is 4.42 Å². The average molecular weight is 352 g/mol. The van der Waals surface area contributed by atoms with E-state index in [0.717, 1.165) is 17.6 Å². The predicted molar refractivity (Wildman–Crippen MR) is 112 cm³/mol.